The number of benzene rings is 2. The third-order valence-electron chi connectivity index (χ3n) is 4.32. The zero-order valence-corrected chi connectivity index (χ0v) is 15.4. The first-order valence-corrected chi connectivity index (χ1v) is 8.53. The minimum atomic E-state index is -0.183. The van der Waals surface area contributed by atoms with Crippen LogP contribution >= 0.6 is 0 Å². The molecule has 0 saturated carbocycles. The van der Waals surface area contributed by atoms with Crippen LogP contribution in [0.25, 0.3) is 0 Å². The van der Waals surface area contributed by atoms with E-state index in [2.05, 4.69) is 5.32 Å². The van der Waals surface area contributed by atoms with Crippen LogP contribution in [0.15, 0.2) is 48.5 Å². The second-order valence-electron chi connectivity index (χ2n) is 6.63. The average Bonchev–Trinajstić information content (AvgIpc) is 2.58. The van der Waals surface area contributed by atoms with Crippen LogP contribution in [0.3, 0.4) is 0 Å². The van der Waals surface area contributed by atoms with Gasteiger partial charge in [0.1, 0.15) is 0 Å². The standard InChI is InChI=1S/C21H26N2O2/c1-15-10-11-16(2)19(12-15)22-20(24)14-23(4)21(25)13-17(3)18-8-6-5-7-9-18/h5-12,17H,13-14H2,1-4H3,(H,22,24)/t17-/m0/s1. The van der Waals surface area contributed by atoms with Gasteiger partial charge in [-0.05, 0) is 42.5 Å². The number of likely N-dealkylation sites (N-methyl/N-ethyl adjacent to an activating group) is 1. The number of carbonyl (C=O) groups excluding carboxylic acids is 2. The molecular formula is C21H26N2O2. The Bertz CT molecular complexity index is 741. The lowest BCUT2D eigenvalue weighted by Crippen LogP contribution is -2.35. The van der Waals surface area contributed by atoms with Crippen molar-refractivity contribution >= 4 is 17.5 Å². The van der Waals surface area contributed by atoms with Crippen molar-refractivity contribution in [1.82, 2.24) is 4.90 Å². The van der Waals surface area contributed by atoms with E-state index < -0.39 is 0 Å². The van der Waals surface area contributed by atoms with Crippen molar-refractivity contribution in [2.24, 2.45) is 0 Å². The summed E-state index contributed by atoms with van der Waals surface area (Å²) in [6.07, 6.45) is 0.386. The molecule has 2 aromatic rings. The molecule has 0 aliphatic carbocycles. The van der Waals surface area contributed by atoms with Gasteiger partial charge in [-0.25, -0.2) is 0 Å². The van der Waals surface area contributed by atoms with Crippen molar-refractivity contribution in [3.05, 3.63) is 65.2 Å². The highest BCUT2D eigenvalue weighted by atomic mass is 16.2. The van der Waals surface area contributed by atoms with E-state index in [0.717, 1.165) is 22.4 Å². The SMILES string of the molecule is Cc1ccc(C)c(NC(=O)CN(C)C(=O)C[C@H](C)c2ccccc2)c1. The Morgan fingerprint density at radius 2 is 1.76 bits per heavy atom. The van der Waals surface area contributed by atoms with E-state index in [-0.39, 0.29) is 24.3 Å². The van der Waals surface area contributed by atoms with E-state index in [1.54, 1.807) is 7.05 Å². The molecular weight excluding hydrogens is 312 g/mol. The molecule has 1 N–H and O–H groups in total. The smallest absolute Gasteiger partial charge is 0.243 e. The summed E-state index contributed by atoms with van der Waals surface area (Å²) in [5, 5.41) is 2.89. The number of hydrogen-bond donors (Lipinski definition) is 1. The highest BCUT2D eigenvalue weighted by Crippen LogP contribution is 2.19. The fourth-order valence-electron chi connectivity index (χ4n) is 2.68. The monoisotopic (exact) mass is 338 g/mol. The van der Waals surface area contributed by atoms with Crippen LogP contribution in [-0.4, -0.2) is 30.3 Å². The summed E-state index contributed by atoms with van der Waals surface area (Å²) >= 11 is 0. The van der Waals surface area contributed by atoms with Crippen molar-refractivity contribution in [2.45, 2.75) is 33.1 Å². The third-order valence-corrected chi connectivity index (χ3v) is 4.32. The molecule has 0 spiro atoms. The fourth-order valence-corrected chi connectivity index (χ4v) is 2.68. The first kappa shape index (κ1) is 18.7. The van der Waals surface area contributed by atoms with Crippen LogP contribution in [0.1, 0.15) is 36.0 Å². The van der Waals surface area contributed by atoms with Gasteiger partial charge in [-0.2, -0.15) is 0 Å². The highest BCUT2D eigenvalue weighted by molar-refractivity contribution is 5.95. The van der Waals surface area contributed by atoms with Crippen LogP contribution in [0, 0.1) is 13.8 Å². The van der Waals surface area contributed by atoms with E-state index in [0.29, 0.717) is 6.42 Å². The molecule has 132 valence electrons. The summed E-state index contributed by atoms with van der Waals surface area (Å²) < 4.78 is 0. The maximum absolute atomic E-state index is 12.4. The topological polar surface area (TPSA) is 49.4 Å². The number of anilines is 1. The van der Waals surface area contributed by atoms with Crippen LogP contribution in [0.4, 0.5) is 5.69 Å². The van der Waals surface area contributed by atoms with Gasteiger partial charge in [0, 0.05) is 19.2 Å². The number of carbonyl (C=O) groups is 2. The molecule has 0 radical (unpaired) electrons. The van der Waals surface area contributed by atoms with Crippen molar-refractivity contribution in [3.63, 3.8) is 0 Å². The molecule has 1 atom stereocenters. The first-order valence-electron chi connectivity index (χ1n) is 8.53. The zero-order valence-electron chi connectivity index (χ0n) is 15.4. The molecule has 0 fully saturated rings. The summed E-state index contributed by atoms with van der Waals surface area (Å²) in [5.74, 6) is -0.0948. The molecule has 4 nitrogen and oxygen atoms in total. The van der Waals surface area contributed by atoms with E-state index >= 15 is 0 Å². The van der Waals surface area contributed by atoms with E-state index in [4.69, 9.17) is 0 Å². The van der Waals surface area contributed by atoms with Gasteiger partial charge < -0.3 is 10.2 Å². The van der Waals surface area contributed by atoms with Crippen molar-refractivity contribution in [3.8, 4) is 0 Å². The molecule has 0 unspecified atom stereocenters. The number of amides is 2. The first-order chi connectivity index (χ1) is 11.9. The van der Waals surface area contributed by atoms with Crippen LogP contribution in [-0.2, 0) is 9.59 Å². The molecule has 25 heavy (non-hydrogen) atoms. The molecule has 2 rings (SSSR count). The molecule has 0 heterocycles. The largest absolute Gasteiger partial charge is 0.336 e. The van der Waals surface area contributed by atoms with Gasteiger partial charge in [0.05, 0.1) is 6.54 Å². The Kier molecular flexibility index (Phi) is 6.34. The number of rotatable bonds is 6. The summed E-state index contributed by atoms with van der Waals surface area (Å²) in [6.45, 7) is 6.01. The normalized spacial score (nSPS) is 11.7. The third kappa shape index (κ3) is 5.45. The maximum Gasteiger partial charge on any atom is 0.243 e. The van der Waals surface area contributed by atoms with Crippen molar-refractivity contribution in [1.29, 1.82) is 0 Å². The second kappa shape index (κ2) is 8.47. The lowest BCUT2D eigenvalue weighted by atomic mass is 9.97. The van der Waals surface area contributed by atoms with Gasteiger partial charge in [-0.3, -0.25) is 9.59 Å². The molecule has 0 aromatic heterocycles. The molecule has 0 aliphatic heterocycles. The maximum atomic E-state index is 12.4. The van der Waals surface area contributed by atoms with E-state index in [9.17, 15) is 9.59 Å². The molecule has 2 aromatic carbocycles. The lowest BCUT2D eigenvalue weighted by Gasteiger charge is -2.20. The lowest BCUT2D eigenvalue weighted by molar-refractivity contribution is -0.133. The van der Waals surface area contributed by atoms with Gasteiger partial charge in [-0.1, -0.05) is 49.4 Å². The predicted molar refractivity (Wildman–Crippen MR) is 102 cm³/mol. The van der Waals surface area contributed by atoms with Gasteiger partial charge in [0.25, 0.3) is 0 Å². The second-order valence-corrected chi connectivity index (χ2v) is 6.63. The minimum absolute atomic E-state index is 0.0348. The fraction of sp³-hybridized carbons (Fsp3) is 0.333. The van der Waals surface area contributed by atoms with Crippen LogP contribution < -0.4 is 5.32 Å². The van der Waals surface area contributed by atoms with Gasteiger partial charge in [-0.15, -0.1) is 0 Å². The Morgan fingerprint density at radius 1 is 1.08 bits per heavy atom. The molecule has 0 bridgehead atoms. The predicted octanol–water partition coefficient (Wildman–Crippen LogP) is 3.89. The quantitative estimate of drug-likeness (QED) is 0.868. The Morgan fingerprint density at radius 3 is 2.44 bits per heavy atom. The number of aryl methyl sites for hydroxylation is 2. The Balaban J connectivity index is 1.90. The van der Waals surface area contributed by atoms with Crippen LogP contribution in [0.5, 0.6) is 0 Å². The van der Waals surface area contributed by atoms with Crippen LogP contribution in [0.2, 0.25) is 0 Å². The number of nitrogens with zero attached hydrogens (tertiary/aromatic N) is 1. The summed E-state index contributed by atoms with van der Waals surface area (Å²) in [4.78, 5) is 26.1. The Labute approximate surface area is 149 Å². The molecule has 0 saturated heterocycles. The number of nitrogens with one attached hydrogen (secondary N) is 1. The minimum Gasteiger partial charge on any atom is -0.336 e. The van der Waals surface area contributed by atoms with Gasteiger partial charge in [0.2, 0.25) is 11.8 Å². The van der Waals surface area contributed by atoms with Crippen molar-refractivity contribution < 1.29 is 9.59 Å². The van der Waals surface area contributed by atoms with Gasteiger partial charge >= 0.3 is 0 Å². The molecule has 0 aliphatic rings. The summed E-state index contributed by atoms with van der Waals surface area (Å²) in [6, 6.07) is 15.9. The average molecular weight is 338 g/mol. The van der Waals surface area contributed by atoms with Crippen molar-refractivity contribution in [2.75, 3.05) is 18.9 Å². The van der Waals surface area contributed by atoms with E-state index in [1.165, 1.54) is 4.90 Å². The molecule has 4 heteroatoms. The zero-order chi connectivity index (χ0) is 18.4. The Hall–Kier alpha value is -2.62. The van der Waals surface area contributed by atoms with E-state index in [1.807, 2.05) is 69.3 Å². The molecule has 2 amide bonds. The summed E-state index contributed by atoms with van der Waals surface area (Å²) in [7, 11) is 1.67. The summed E-state index contributed by atoms with van der Waals surface area (Å²) in [5.41, 5.74) is 4.01. The van der Waals surface area contributed by atoms with Gasteiger partial charge in [0.15, 0.2) is 0 Å². The number of hydrogen-bond acceptors (Lipinski definition) is 2. The highest BCUT2D eigenvalue weighted by Gasteiger charge is 2.17.